The van der Waals surface area contributed by atoms with Gasteiger partial charge in [0.15, 0.2) is 6.10 Å². The van der Waals surface area contributed by atoms with Crippen LogP contribution in [-0.4, -0.2) is 34.2 Å². The van der Waals surface area contributed by atoms with Crippen molar-refractivity contribution < 1.29 is 24.2 Å². The van der Waals surface area contributed by atoms with E-state index in [0.29, 0.717) is 30.0 Å². The van der Waals surface area contributed by atoms with E-state index in [0.717, 1.165) is 5.56 Å². The van der Waals surface area contributed by atoms with Crippen LogP contribution in [0.15, 0.2) is 42.7 Å². The monoisotopic (exact) mass is 342 g/mol. The molecule has 0 unspecified atom stereocenters. The fraction of sp³-hybridized carbons (Fsp3) is 0.278. The van der Waals surface area contributed by atoms with Crippen LogP contribution >= 0.6 is 0 Å². The number of aryl methyl sites for hydroxylation is 1. The summed E-state index contributed by atoms with van der Waals surface area (Å²) in [4.78, 5) is 27.1. The zero-order chi connectivity index (χ0) is 17.8. The fourth-order valence-electron chi connectivity index (χ4n) is 2.61. The van der Waals surface area contributed by atoms with E-state index in [1.807, 2.05) is 6.92 Å². The van der Waals surface area contributed by atoms with E-state index in [4.69, 9.17) is 14.6 Å². The summed E-state index contributed by atoms with van der Waals surface area (Å²) >= 11 is 0. The first kappa shape index (κ1) is 16.9. The highest BCUT2D eigenvalue weighted by molar-refractivity contribution is 5.95. The lowest BCUT2D eigenvalue weighted by Crippen LogP contribution is -2.29. The summed E-state index contributed by atoms with van der Waals surface area (Å²) in [6.07, 6.45) is 2.36. The summed E-state index contributed by atoms with van der Waals surface area (Å²) in [5.74, 6) is -0.0948. The summed E-state index contributed by atoms with van der Waals surface area (Å²) in [7, 11) is 0. The van der Waals surface area contributed by atoms with Crippen LogP contribution in [0, 0.1) is 6.92 Å². The average molecular weight is 342 g/mol. The molecule has 2 N–H and O–H groups in total. The van der Waals surface area contributed by atoms with Gasteiger partial charge in [-0.2, -0.15) is 0 Å². The molecule has 0 radical (unpaired) electrons. The summed E-state index contributed by atoms with van der Waals surface area (Å²) in [5.41, 5.74) is 1.45. The third-order valence-corrected chi connectivity index (χ3v) is 3.89. The van der Waals surface area contributed by atoms with Crippen molar-refractivity contribution in [3.05, 3.63) is 48.3 Å². The number of nitrogens with zero attached hydrogens (tertiary/aromatic N) is 1. The Morgan fingerprint density at radius 1 is 1.28 bits per heavy atom. The first-order valence-electron chi connectivity index (χ1n) is 7.90. The number of carboxylic acid groups (broad SMARTS) is 1. The predicted molar refractivity (Wildman–Crippen MR) is 89.7 cm³/mol. The number of pyridine rings is 1. The highest BCUT2D eigenvalue weighted by atomic mass is 16.5. The van der Waals surface area contributed by atoms with Gasteiger partial charge in [-0.3, -0.25) is 9.78 Å². The van der Waals surface area contributed by atoms with Crippen LogP contribution in [0.2, 0.25) is 0 Å². The van der Waals surface area contributed by atoms with Gasteiger partial charge in [-0.05, 0) is 55.7 Å². The van der Waals surface area contributed by atoms with Gasteiger partial charge in [0.05, 0.1) is 6.20 Å². The van der Waals surface area contributed by atoms with E-state index in [1.54, 1.807) is 42.7 Å². The van der Waals surface area contributed by atoms with Gasteiger partial charge < -0.3 is 19.9 Å². The molecule has 25 heavy (non-hydrogen) atoms. The van der Waals surface area contributed by atoms with E-state index >= 15 is 0 Å². The number of hydrogen-bond donors (Lipinski definition) is 2. The molecule has 7 heteroatoms. The quantitative estimate of drug-likeness (QED) is 0.867. The number of hydrogen-bond acceptors (Lipinski definition) is 5. The molecule has 0 bridgehead atoms. The molecule has 2 heterocycles. The number of carbonyl (C=O) groups is 2. The van der Waals surface area contributed by atoms with E-state index in [1.165, 1.54) is 0 Å². The topological polar surface area (TPSA) is 97.8 Å². The van der Waals surface area contributed by atoms with E-state index in [2.05, 4.69) is 10.3 Å². The molecule has 1 saturated heterocycles. The van der Waals surface area contributed by atoms with Crippen molar-refractivity contribution in [2.24, 2.45) is 0 Å². The van der Waals surface area contributed by atoms with Crippen LogP contribution in [-0.2, 0) is 14.3 Å². The largest absolute Gasteiger partial charge is 0.479 e. The zero-order valence-electron chi connectivity index (χ0n) is 13.6. The Morgan fingerprint density at radius 2 is 2.08 bits per heavy atom. The van der Waals surface area contributed by atoms with Crippen LogP contribution in [0.1, 0.15) is 18.4 Å². The molecule has 1 aromatic carbocycles. The molecule has 130 valence electrons. The van der Waals surface area contributed by atoms with Gasteiger partial charge in [-0.15, -0.1) is 0 Å². The molecule has 7 nitrogen and oxygen atoms in total. The van der Waals surface area contributed by atoms with Gasteiger partial charge in [-0.25, -0.2) is 4.79 Å². The van der Waals surface area contributed by atoms with Gasteiger partial charge >= 0.3 is 5.97 Å². The number of nitrogens with one attached hydrogen (secondary N) is 1. The van der Waals surface area contributed by atoms with Crippen molar-refractivity contribution in [1.29, 1.82) is 0 Å². The van der Waals surface area contributed by atoms with E-state index in [9.17, 15) is 9.59 Å². The summed E-state index contributed by atoms with van der Waals surface area (Å²) in [6.45, 7) is 1.87. The number of amides is 1. The third kappa shape index (κ3) is 4.13. The Labute approximate surface area is 144 Å². The van der Waals surface area contributed by atoms with Crippen LogP contribution in [0.4, 0.5) is 5.69 Å². The second-order valence-electron chi connectivity index (χ2n) is 5.79. The maximum atomic E-state index is 12.2. The Kier molecular flexibility index (Phi) is 4.95. The highest BCUT2D eigenvalue weighted by Gasteiger charge is 2.34. The van der Waals surface area contributed by atoms with Crippen molar-refractivity contribution in [2.45, 2.75) is 32.0 Å². The number of rotatable bonds is 5. The lowest BCUT2D eigenvalue weighted by Gasteiger charge is -2.14. The van der Waals surface area contributed by atoms with Crippen molar-refractivity contribution in [3.63, 3.8) is 0 Å². The van der Waals surface area contributed by atoms with Crippen molar-refractivity contribution in [2.75, 3.05) is 5.32 Å². The number of anilines is 1. The minimum absolute atomic E-state index is 0.338. The molecule has 1 aromatic heterocycles. The Balaban J connectivity index is 1.63. The number of carboxylic acids is 1. The second-order valence-corrected chi connectivity index (χ2v) is 5.79. The van der Waals surface area contributed by atoms with Gasteiger partial charge in [0, 0.05) is 11.9 Å². The summed E-state index contributed by atoms with van der Waals surface area (Å²) in [5, 5.41) is 11.7. The Bertz CT molecular complexity index is 778. The van der Waals surface area contributed by atoms with Gasteiger partial charge in [0.2, 0.25) is 0 Å². The maximum Gasteiger partial charge on any atom is 0.332 e. The average Bonchev–Trinajstić information content (AvgIpc) is 3.09. The van der Waals surface area contributed by atoms with E-state index < -0.39 is 18.2 Å². The molecule has 1 fully saturated rings. The SMILES string of the molecule is Cc1cc(NC(=O)[C@@H]2CC[C@H](C(=O)O)O2)ccc1Oc1cccnc1. The van der Waals surface area contributed by atoms with Crippen molar-refractivity contribution in [1.82, 2.24) is 4.98 Å². The first-order valence-corrected chi connectivity index (χ1v) is 7.90. The van der Waals surface area contributed by atoms with Crippen LogP contribution in [0.25, 0.3) is 0 Å². The number of benzene rings is 1. The van der Waals surface area contributed by atoms with Crippen LogP contribution in [0.5, 0.6) is 11.5 Å². The standard InChI is InChI=1S/C18H18N2O5/c1-11-9-12(4-5-14(11)24-13-3-2-8-19-10-13)20-17(21)15-6-7-16(25-15)18(22)23/h2-5,8-10,15-16H,6-7H2,1H3,(H,20,21)(H,22,23)/t15-,16+/m0/s1. The Morgan fingerprint density at radius 3 is 2.72 bits per heavy atom. The lowest BCUT2D eigenvalue weighted by molar-refractivity contribution is -0.150. The summed E-state index contributed by atoms with van der Waals surface area (Å²) < 4.78 is 11.0. The maximum absolute atomic E-state index is 12.2. The normalized spacial score (nSPS) is 19.4. The minimum atomic E-state index is -1.04. The van der Waals surface area contributed by atoms with Gasteiger partial charge in [0.1, 0.15) is 17.6 Å². The molecule has 1 aliphatic heterocycles. The number of ether oxygens (including phenoxy) is 2. The molecule has 0 aliphatic carbocycles. The number of aliphatic carboxylic acids is 1. The van der Waals surface area contributed by atoms with Gasteiger partial charge in [0.25, 0.3) is 5.91 Å². The number of carbonyl (C=O) groups excluding carboxylic acids is 1. The molecule has 0 saturated carbocycles. The molecule has 3 rings (SSSR count). The van der Waals surface area contributed by atoms with Crippen molar-refractivity contribution in [3.8, 4) is 11.5 Å². The first-order chi connectivity index (χ1) is 12.0. The summed E-state index contributed by atoms with van der Waals surface area (Å²) in [6, 6.07) is 8.85. The van der Waals surface area contributed by atoms with Crippen LogP contribution in [0.3, 0.4) is 0 Å². The Hall–Kier alpha value is -2.93. The molecule has 2 atom stereocenters. The molecular weight excluding hydrogens is 324 g/mol. The predicted octanol–water partition coefficient (Wildman–Crippen LogP) is 2.75. The molecule has 2 aromatic rings. The number of aromatic nitrogens is 1. The highest BCUT2D eigenvalue weighted by Crippen LogP contribution is 2.27. The smallest absolute Gasteiger partial charge is 0.332 e. The molecular formula is C18H18N2O5. The zero-order valence-corrected chi connectivity index (χ0v) is 13.6. The third-order valence-electron chi connectivity index (χ3n) is 3.89. The minimum Gasteiger partial charge on any atom is -0.479 e. The fourth-order valence-corrected chi connectivity index (χ4v) is 2.61. The van der Waals surface area contributed by atoms with Crippen LogP contribution < -0.4 is 10.1 Å². The molecule has 1 aliphatic rings. The van der Waals surface area contributed by atoms with Gasteiger partial charge in [-0.1, -0.05) is 0 Å². The molecule has 0 spiro atoms. The second kappa shape index (κ2) is 7.31. The lowest BCUT2D eigenvalue weighted by atomic mass is 10.1. The van der Waals surface area contributed by atoms with Crippen molar-refractivity contribution >= 4 is 17.6 Å². The van der Waals surface area contributed by atoms with E-state index in [-0.39, 0.29) is 5.91 Å². The molecule has 1 amide bonds.